The molecule has 3 N–H and O–H groups in total. The Morgan fingerprint density at radius 3 is 2.85 bits per heavy atom. The molecule has 1 heterocycles. The minimum absolute atomic E-state index is 0. The molecule has 2 aliphatic rings. The van der Waals surface area contributed by atoms with Crippen LogP contribution in [0.3, 0.4) is 0 Å². The highest BCUT2D eigenvalue weighted by Gasteiger charge is 2.32. The number of amides is 1. The second-order valence-corrected chi connectivity index (χ2v) is 7.32. The average molecular weight is 397 g/mol. The Bertz CT molecular complexity index is 791. The van der Waals surface area contributed by atoms with Crippen molar-refractivity contribution in [1.29, 1.82) is 0 Å². The molecule has 7 nitrogen and oxygen atoms in total. The average Bonchev–Trinajstić information content (AvgIpc) is 3.15. The predicted molar refractivity (Wildman–Crippen MR) is 102 cm³/mol. The maximum Gasteiger partial charge on any atom is 0.227 e. The number of benzene rings is 1. The Labute approximate surface area is 163 Å². The Morgan fingerprint density at radius 1 is 1.31 bits per heavy atom. The monoisotopic (exact) mass is 396 g/mol. The number of halogens is 2. The highest BCUT2D eigenvalue weighted by atomic mass is 35.5. The quantitative estimate of drug-likeness (QED) is 0.808. The number of nitrogens with one attached hydrogen (secondary N) is 1. The number of carbonyl (C=O) groups is 1. The van der Waals surface area contributed by atoms with Crippen molar-refractivity contribution >= 4 is 35.6 Å². The van der Waals surface area contributed by atoms with E-state index in [2.05, 4.69) is 20.8 Å². The van der Waals surface area contributed by atoms with E-state index in [1.54, 1.807) is 16.8 Å². The summed E-state index contributed by atoms with van der Waals surface area (Å²) in [4.78, 5) is 12.6. The number of nitrogens with zero attached hydrogens (tertiary/aromatic N) is 4. The molecule has 4 rings (SSSR count). The van der Waals surface area contributed by atoms with Crippen molar-refractivity contribution in [2.24, 2.45) is 17.6 Å². The number of carbonyl (C=O) groups excluding carboxylic acids is 1. The smallest absolute Gasteiger partial charge is 0.227 e. The van der Waals surface area contributed by atoms with E-state index in [0.29, 0.717) is 28.9 Å². The van der Waals surface area contributed by atoms with Gasteiger partial charge in [-0.05, 0) is 66.8 Å². The second-order valence-electron chi connectivity index (χ2n) is 6.91. The van der Waals surface area contributed by atoms with Crippen LogP contribution in [0, 0.1) is 11.8 Å². The summed E-state index contributed by atoms with van der Waals surface area (Å²) in [5.74, 6) is 1.50. The van der Waals surface area contributed by atoms with E-state index < -0.39 is 0 Å². The Balaban J connectivity index is 0.00000196. The maximum atomic E-state index is 12.6. The molecule has 1 aromatic carbocycles. The lowest BCUT2D eigenvalue weighted by molar-refractivity contribution is -0.120. The van der Waals surface area contributed by atoms with E-state index in [9.17, 15) is 4.79 Å². The van der Waals surface area contributed by atoms with Crippen molar-refractivity contribution < 1.29 is 4.79 Å². The van der Waals surface area contributed by atoms with Gasteiger partial charge in [-0.2, -0.15) is 4.68 Å². The molecule has 0 saturated heterocycles. The van der Waals surface area contributed by atoms with E-state index in [4.69, 9.17) is 17.3 Å². The number of aromatic nitrogens is 4. The van der Waals surface area contributed by atoms with Crippen LogP contribution in [0.25, 0.3) is 5.69 Å². The molecule has 0 radical (unpaired) electrons. The second kappa shape index (κ2) is 7.90. The van der Waals surface area contributed by atoms with Gasteiger partial charge in [0.1, 0.15) is 0 Å². The summed E-state index contributed by atoms with van der Waals surface area (Å²) < 4.78 is 1.67. The van der Waals surface area contributed by atoms with E-state index in [-0.39, 0.29) is 30.2 Å². The minimum Gasteiger partial charge on any atom is -0.330 e. The van der Waals surface area contributed by atoms with Crippen molar-refractivity contribution in [3.05, 3.63) is 29.0 Å². The molecule has 2 aromatic rings. The van der Waals surface area contributed by atoms with Gasteiger partial charge in [-0.1, -0.05) is 18.0 Å². The molecule has 140 valence electrons. The zero-order chi connectivity index (χ0) is 17.4. The third kappa shape index (κ3) is 3.70. The molecule has 1 aromatic heterocycles. The lowest BCUT2D eigenvalue weighted by Crippen LogP contribution is -2.29. The van der Waals surface area contributed by atoms with Crippen molar-refractivity contribution in [2.45, 2.75) is 38.0 Å². The highest BCUT2D eigenvalue weighted by molar-refractivity contribution is 6.32. The number of anilines is 1. The van der Waals surface area contributed by atoms with E-state index in [1.165, 1.54) is 0 Å². The maximum absolute atomic E-state index is 12.6. The van der Waals surface area contributed by atoms with Gasteiger partial charge < -0.3 is 11.1 Å². The van der Waals surface area contributed by atoms with Gasteiger partial charge in [0.2, 0.25) is 5.91 Å². The zero-order valence-corrected chi connectivity index (χ0v) is 15.8. The van der Waals surface area contributed by atoms with Crippen LogP contribution in [-0.2, 0) is 4.79 Å². The standard InChI is InChI=1S/C17H21ClN6O.ClH/c18-14-7-6-12(20-17(25)13-3-1-2-11(13)9-19)8-15(14)24-16(10-4-5-10)21-22-23-24;/h6-8,10-11,13H,1-5,9,19H2,(H,20,25);1H/t11-,13-;/m1./s1. The summed E-state index contributed by atoms with van der Waals surface area (Å²) in [5, 5.41) is 15.5. The van der Waals surface area contributed by atoms with Gasteiger partial charge in [-0.25, -0.2) is 0 Å². The van der Waals surface area contributed by atoms with Crippen LogP contribution in [0.15, 0.2) is 18.2 Å². The zero-order valence-electron chi connectivity index (χ0n) is 14.3. The van der Waals surface area contributed by atoms with Gasteiger partial charge in [-0.15, -0.1) is 17.5 Å². The first-order valence-electron chi connectivity index (χ1n) is 8.76. The fourth-order valence-corrected chi connectivity index (χ4v) is 3.81. The van der Waals surface area contributed by atoms with Crippen molar-refractivity contribution in [2.75, 3.05) is 11.9 Å². The van der Waals surface area contributed by atoms with Crippen molar-refractivity contribution in [3.63, 3.8) is 0 Å². The molecule has 0 aliphatic heterocycles. The molecule has 0 unspecified atom stereocenters. The molecule has 9 heteroatoms. The molecule has 2 aliphatic carbocycles. The molecular weight excluding hydrogens is 375 g/mol. The largest absolute Gasteiger partial charge is 0.330 e. The summed E-state index contributed by atoms with van der Waals surface area (Å²) in [7, 11) is 0. The van der Waals surface area contributed by atoms with Gasteiger partial charge in [0.15, 0.2) is 5.82 Å². The van der Waals surface area contributed by atoms with Crippen LogP contribution < -0.4 is 11.1 Å². The summed E-state index contributed by atoms with van der Waals surface area (Å²) >= 11 is 6.35. The summed E-state index contributed by atoms with van der Waals surface area (Å²) in [6, 6.07) is 5.39. The summed E-state index contributed by atoms with van der Waals surface area (Å²) in [5.41, 5.74) is 7.18. The summed E-state index contributed by atoms with van der Waals surface area (Å²) in [6.07, 6.45) is 5.16. The molecule has 2 fully saturated rings. The first kappa shape index (κ1) is 19.1. The third-order valence-corrected chi connectivity index (χ3v) is 5.50. The lowest BCUT2D eigenvalue weighted by atomic mass is 9.95. The number of tetrazole rings is 1. The van der Waals surface area contributed by atoms with Gasteiger partial charge in [0, 0.05) is 17.5 Å². The first-order chi connectivity index (χ1) is 12.2. The lowest BCUT2D eigenvalue weighted by Gasteiger charge is -2.18. The molecule has 1 amide bonds. The minimum atomic E-state index is -0.0146. The number of nitrogens with two attached hydrogens (primary N) is 1. The van der Waals surface area contributed by atoms with Crippen LogP contribution in [0.5, 0.6) is 0 Å². The van der Waals surface area contributed by atoms with Crippen LogP contribution in [0.1, 0.15) is 43.8 Å². The normalized spacial score (nSPS) is 22.1. The third-order valence-electron chi connectivity index (χ3n) is 5.18. The van der Waals surface area contributed by atoms with Crippen LogP contribution >= 0.6 is 24.0 Å². The van der Waals surface area contributed by atoms with Gasteiger partial charge in [0.05, 0.1) is 10.7 Å². The predicted octanol–water partition coefficient (Wildman–Crippen LogP) is 2.93. The number of hydrogen-bond acceptors (Lipinski definition) is 5. The van der Waals surface area contributed by atoms with Crippen molar-refractivity contribution in [1.82, 2.24) is 20.2 Å². The Hall–Kier alpha value is -1.70. The van der Waals surface area contributed by atoms with E-state index in [1.807, 2.05) is 6.07 Å². The van der Waals surface area contributed by atoms with Gasteiger partial charge in [-0.3, -0.25) is 4.79 Å². The topological polar surface area (TPSA) is 98.7 Å². The molecule has 0 bridgehead atoms. The molecule has 2 saturated carbocycles. The fourth-order valence-electron chi connectivity index (χ4n) is 3.61. The van der Waals surface area contributed by atoms with Crippen molar-refractivity contribution in [3.8, 4) is 5.69 Å². The molecular formula is C17H22Cl2N6O. The molecule has 2 atom stereocenters. The molecule has 0 spiro atoms. The van der Waals surface area contributed by atoms with Gasteiger partial charge in [0.25, 0.3) is 0 Å². The van der Waals surface area contributed by atoms with Crippen LogP contribution in [0.2, 0.25) is 5.02 Å². The van der Waals surface area contributed by atoms with Crippen LogP contribution in [-0.4, -0.2) is 32.7 Å². The van der Waals surface area contributed by atoms with Crippen LogP contribution in [0.4, 0.5) is 5.69 Å². The first-order valence-corrected chi connectivity index (χ1v) is 9.14. The molecule has 26 heavy (non-hydrogen) atoms. The highest BCUT2D eigenvalue weighted by Crippen LogP contribution is 2.40. The van der Waals surface area contributed by atoms with E-state index >= 15 is 0 Å². The van der Waals surface area contributed by atoms with E-state index in [0.717, 1.165) is 37.9 Å². The SMILES string of the molecule is Cl.NC[C@H]1CCC[C@H]1C(=O)Nc1ccc(Cl)c(-n2nnnc2C2CC2)c1. The number of rotatable bonds is 5. The number of hydrogen-bond donors (Lipinski definition) is 2. The Kier molecular flexibility index (Phi) is 5.79. The summed E-state index contributed by atoms with van der Waals surface area (Å²) in [6.45, 7) is 0.555. The fraction of sp³-hybridized carbons (Fsp3) is 0.529. The Morgan fingerprint density at radius 2 is 2.12 bits per heavy atom. The van der Waals surface area contributed by atoms with Gasteiger partial charge >= 0.3 is 0 Å².